The fourth-order valence-electron chi connectivity index (χ4n) is 6.65. The molecule has 1 fully saturated rings. The van der Waals surface area contributed by atoms with Crippen LogP contribution < -0.4 is 0 Å². The van der Waals surface area contributed by atoms with Gasteiger partial charge in [-0.2, -0.15) is 0 Å². The van der Waals surface area contributed by atoms with Crippen molar-refractivity contribution in [2.45, 2.75) is 204 Å². The van der Waals surface area contributed by atoms with Gasteiger partial charge < -0.3 is 39.9 Å². The lowest BCUT2D eigenvalue weighted by atomic mass is 9.85. The number of ether oxygens (including phenoxy) is 2. The second-order valence-electron chi connectivity index (χ2n) is 15.9. The minimum absolute atomic E-state index is 0.136. The molecule has 0 radical (unpaired) electrons. The van der Waals surface area contributed by atoms with Crippen LogP contribution in [-0.2, 0) is 27.9 Å². The zero-order valence-electron chi connectivity index (χ0n) is 37.4. The number of unbranched alkanes of at least 4 members (excludes halogenated alkanes) is 14. The predicted octanol–water partition coefficient (Wildman–Crippen LogP) is 9.58. The summed E-state index contributed by atoms with van der Waals surface area (Å²) in [5.74, 6) is -0.509. The molecule has 13 heteroatoms. The first-order valence-electron chi connectivity index (χ1n) is 23.3. The molecule has 352 valence electrons. The molecule has 0 aliphatic heterocycles. The number of esters is 1. The Labute approximate surface area is 368 Å². The van der Waals surface area contributed by atoms with E-state index in [1.54, 1.807) is 0 Å². The Morgan fingerprint density at radius 1 is 0.541 bits per heavy atom. The average Bonchev–Trinajstić information content (AvgIpc) is 3.24. The third-order valence-electron chi connectivity index (χ3n) is 10.3. The molecule has 6 N–H and O–H groups in total. The molecular formula is C48H83O12P. The summed E-state index contributed by atoms with van der Waals surface area (Å²) < 4.78 is 34.1. The van der Waals surface area contributed by atoms with Gasteiger partial charge >= 0.3 is 13.8 Å². The zero-order valence-corrected chi connectivity index (χ0v) is 38.3. The van der Waals surface area contributed by atoms with Crippen LogP contribution in [0.25, 0.3) is 0 Å². The molecule has 1 aliphatic carbocycles. The lowest BCUT2D eigenvalue weighted by Crippen LogP contribution is -2.64. The summed E-state index contributed by atoms with van der Waals surface area (Å²) in [5, 5.41) is 50.2. The number of carbonyl (C=O) groups excluding carboxylic acids is 1. The van der Waals surface area contributed by atoms with Gasteiger partial charge in [0.15, 0.2) is 0 Å². The quantitative estimate of drug-likeness (QED) is 0.0149. The van der Waals surface area contributed by atoms with Crippen LogP contribution in [0.5, 0.6) is 0 Å². The molecule has 12 nitrogen and oxygen atoms in total. The van der Waals surface area contributed by atoms with Crippen LogP contribution in [0, 0.1) is 0 Å². The normalized spacial score (nSPS) is 22.8. The van der Waals surface area contributed by atoms with Crippen molar-refractivity contribution >= 4 is 13.8 Å². The van der Waals surface area contributed by atoms with E-state index in [1.165, 1.54) is 64.2 Å². The van der Waals surface area contributed by atoms with Crippen molar-refractivity contribution in [2.75, 3.05) is 19.8 Å². The van der Waals surface area contributed by atoms with Gasteiger partial charge in [-0.3, -0.25) is 13.8 Å². The summed E-state index contributed by atoms with van der Waals surface area (Å²) in [6, 6.07) is 0. The molecular weight excluding hydrogens is 799 g/mol. The average molecular weight is 883 g/mol. The first kappa shape index (κ1) is 56.8. The Balaban J connectivity index is 2.45. The molecule has 61 heavy (non-hydrogen) atoms. The number of hydrogen-bond acceptors (Lipinski definition) is 11. The highest BCUT2D eigenvalue weighted by Gasteiger charge is 2.51. The summed E-state index contributed by atoms with van der Waals surface area (Å²) in [6.07, 6.45) is 37.1. The van der Waals surface area contributed by atoms with Crippen LogP contribution in [0.1, 0.15) is 162 Å². The van der Waals surface area contributed by atoms with Gasteiger partial charge in [-0.25, -0.2) is 4.57 Å². The Hall–Kier alpha value is -2.22. The van der Waals surface area contributed by atoms with E-state index in [2.05, 4.69) is 74.6 Å². The standard InChI is InChI=1S/C48H83O12P/c1-3-5-7-9-11-13-15-17-19-21-22-23-25-27-29-31-33-35-37-42(49)59-41(40-58-61(55,56)60-48-46(53)44(51)43(50)45(52)47(48)54)39-57-38-36-34-32-30-28-26-24-20-18-16-14-12-10-8-6-4-2/h6,8,12,14,18-21,26,28,32,34,41,43-48,50-54H,3-5,7,9-11,13,15-17,22-25,27,29-31,33,35-40H2,1-2H3,(H,55,56)/b8-6-,14-12-,20-18-,21-19-,28-26-,34-32-. The molecule has 0 aromatic carbocycles. The second kappa shape index (κ2) is 38.3. The van der Waals surface area contributed by atoms with E-state index in [0.717, 1.165) is 64.2 Å². The van der Waals surface area contributed by atoms with Crippen molar-refractivity contribution in [2.24, 2.45) is 0 Å². The van der Waals surface area contributed by atoms with Gasteiger partial charge in [0.2, 0.25) is 0 Å². The van der Waals surface area contributed by atoms with Gasteiger partial charge in [-0.1, -0.05) is 157 Å². The smallest absolute Gasteiger partial charge is 0.457 e. The maximum atomic E-state index is 12.8. The van der Waals surface area contributed by atoms with Crippen molar-refractivity contribution in [1.29, 1.82) is 0 Å². The molecule has 0 aromatic heterocycles. The maximum absolute atomic E-state index is 12.8. The lowest BCUT2D eigenvalue weighted by Gasteiger charge is -2.41. The number of aliphatic hydroxyl groups is 5. The number of phosphoric acid groups is 1. The number of aliphatic hydroxyl groups excluding tert-OH is 5. The third kappa shape index (κ3) is 30.5. The van der Waals surface area contributed by atoms with Crippen LogP contribution in [-0.4, -0.2) is 98.9 Å². The first-order valence-corrected chi connectivity index (χ1v) is 24.8. The molecule has 6 atom stereocenters. The van der Waals surface area contributed by atoms with Gasteiger partial charge in [-0.15, -0.1) is 0 Å². The van der Waals surface area contributed by atoms with Crippen molar-refractivity contribution in [1.82, 2.24) is 0 Å². The molecule has 0 spiro atoms. The van der Waals surface area contributed by atoms with E-state index < -0.39 is 63.1 Å². The second-order valence-corrected chi connectivity index (χ2v) is 17.3. The lowest BCUT2D eigenvalue weighted by molar-refractivity contribution is -0.220. The Kier molecular flexibility index (Phi) is 35.6. The molecule has 0 amide bonds. The minimum Gasteiger partial charge on any atom is -0.457 e. The third-order valence-corrected chi connectivity index (χ3v) is 11.3. The predicted molar refractivity (Wildman–Crippen MR) is 244 cm³/mol. The van der Waals surface area contributed by atoms with E-state index in [1.807, 2.05) is 12.2 Å². The van der Waals surface area contributed by atoms with Crippen LogP contribution in [0.4, 0.5) is 0 Å². The van der Waals surface area contributed by atoms with E-state index in [-0.39, 0.29) is 13.0 Å². The van der Waals surface area contributed by atoms with Crippen molar-refractivity contribution < 1.29 is 58.3 Å². The molecule has 0 aromatic rings. The van der Waals surface area contributed by atoms with Gasteiger partial charge in [0, 0.05) is 6.42 Å². The minimum atomic E-state index is -5.04. The van der Waals surface area contributed by atoms with E-state index in [4.69, 9.17) is 18.5 Å². The molecule has 1 aliphatic rings. The Bertz CT molecular complexity index is 1280. The van der Waals surface area contributed by atoms with Gasteiger partial charge in [0.1, 0.15) is 42.7 Å². The van der Waals surface area contributed by atoms with Crippen molar-refractivity contribution in [3.63, 3.8) is 0 Å². The molecule has 1 rings (SSSR count). The molecule has 1 saturated carbocycles. The summed E-state index contributed by atoms with van der Waals surface area (Å²) >= 11 is 0. The molecule has 0 heterocycles. The largest absolute Gasteiger partial charge is 0.472 e. The summed E-state index contributed by atoms with van der Waals surface area (Å²) in [6.45, 7) is 3.92. The monoisotopic (exact) mass is 883 g/mol. The van der Waals surface area contributed by atoms with Crippen molar-refractivity contribution in [3.8, 4) is 0 Å². The Morgan fingerprint density at radius 2 is 0.967 bits per heavy atom. The SMILES string of the molecule is CC/C=C\C/C=C\C/C=C\C/C=C\C/C=C\CCOCC(COP(=O)(O)OC1C(O)C(O)C(O)C(O)C1O)OC(=O)CCCCCCCCC/C=C\CCCCCCCCC. The zero-order chi connectivity index (χ0) is 44.8. The number of allylic oxidation sites excluding steroid dienone is 11. The summed E-state index contributed by atoms with van der Waals surface area (Å²) in [4.78, 5) is 23.2. The van der Waals surface area contributed by atoms with Gasteiger partial charge in [0.25, 0.3) is 0 Å². The summed E-state index contributed by atoms with van der Waals surface area (Å²) in [7, 11) is -5.04. The molecule has 0 bridgehead atoms. The highest BCUT2D eigenvalue weighted by molar-refractivity contribution is 7.47. The van der Waals surface area contributed by atoms with Crippen LogP contribution in [0.3, 0.4) is 0 Å². The highest BCUT2D eigenvalue weighted by atomic mass is 31.2. The molecule has 6 unspecified atom stereocenters. The van der Waals surface area contributed by atoms with E-state index in [9.17, 15) is 39.8 Å². The number of carbonyl (C=O) groups is 1. The van der Waals surface area contributed by atoms with Crippen LogP contribution >= 0.6 is 7.82 Å². The number of phosphoric ester groups is 1. The van der Waals surface area contributed by atoms with E-state index >= 15 is 0 Å². The Morgan fingerprint density at radius 3 is 1.48 bits per heavy atom. The first-order chi connectivity index (χ1) is 29.5. The van der Waals surface area contributed by atoms with Gasteiger partial charge in [0.05, 0.1) is 19.8 Å². The topological polar surface area (TPSA) is 192 Å². The number of rotatable bonds is 38. The van der Waals surface area contributed by atoms with Crippen LogP contribution in [0.15, 0.2) is 72.9 Å². The molecule has 0 saturated heterocycles. The summed E-state index contributed by atoms with van der Waals surface area (Å²) in [5.41, 5.74) is 0. The maximum Gasteiger partial charge on any atom is 0.472 e. The van der Waals surface area contributed by atoms with Crippen LogP contribution in [0.2, 0.25) is 0 Å². The number of hydrogen-bond donors (Lipinski definition) is 6. The fourth-order valence-corrected chi connectivity index (χ4v) is 7.62. The van der Waals surface area contributed by atoms with E-state index in [0.29, 0.717) is 19.4 Å². The van der Waals surface area contributed by atoms with Gasteiger partial charge in [-0.05, 0) is 70.6 Å². The highest BCUT2D eigenvalue weighted by Crippen LogP contribution is 2.47. The fraction of sp³-hybridized carbons (Fsp3) is 0.729. The van der Waals surface area contributed by atoms with Crippen molar-refractivity contribution in [3.05, 3.63) is 72.9 Å².